The van der Waals surface area contributed by atoms with Gasteiger partial charge in [-0.15, -0.1) is 0 Å². The van der Waals surface area contributed by atoms with E-state index in [9.17, 15) is 19.2 Å². The van der Waals surface area contributed by atoms with Gasteiger partial charge in [-0.1, -0.05) is 0 Å². The van der Waals surface area contributed by atoms with Crippen LogP contribution in [0.25, 0.3) is 0 Å². The standard InChI is InChI=1S/C20H30N6O8/c1-20(2)33-17-12(11-4-25-26(3)9-11)10-32-13(18(17)34-20)5-21-14(27)6-22-15(28)7-23-16(29)8-24-19(30)31/h4,9,12-13,17-18,24H,5-8,10H2,1-3H3,(H,21,27)(H,22,28)(H,23,29)(H,30,31)/t12-,13+,17+,18-/m0/s1. The van der Waals surface area contributed by atoms with Crippen molar-refractivity contribution in [2.75, 3.05) is 32.8 Å². The second-order valence-electron chi connectivity index (χ2n) is 8.51. The van der Waals surface area contributed by atoms with Gasteiger partial charge in [0, 0.05) is 25.7 Å². The van der Waals surface area contributed by atoms with E-state index in [2.05, 4.69) is 21.0 Å². The van der Waals surface area contributed by atoms with Gasteiger partial charge in [0.1, 0.15) is 12.2 Å². The smallest absolute Gasteiger partial charge is 0.405 e. The Bertz CT molecular complexity index is 919. The number of nitrogens with zero attached hydrogens (tertiary/aromatic N) is 2. The lowest BCUT2D eigenvalue weighted by Crippen LogP contribution is -2.52. The van der Waals surface area contributed by atoms with Gasteiger partial charge < -0.3 is 40.6 Å². The van der Waals surface area contributed by atoms with E-state index >= 15 is 0 Å². The molecule has 2 aliphatic heterocycles. The van der Waals surface area contributed by atoms with Crippen LogP contribution in [0.15, 0.2) is 12.4 Å². The van der Waals surface area contributed by atoms with Crippen LogP contribution in [0.5, 0.6) is 0 Å². The van der Waals surface area contributed by atoms with Crippen LogP contribution in [0.3, 0.4) is 0 Å². The molecule has 4 amide bonds. The summed E-state index contributed by atoms with van der Waals surface area (Å²) in [7, 11) is 1.84. The van der Waals surface area contributed by atoms with E-state index in [0.717, 1.165) is 5.56 Å². The molecule has 14 nitrogen and oxygen atoms in total. The largest absolute Gasteiger partial charge is 0.465 e. The van der Waals surface area contributed by atoms with Crippen LogP contribution in [0.1, 0.15) is 25.3 Å². The maximum atomic E-state index is 12.2. The lowest BCUT2D eigenvalue weighted by Gasteiger charge is -2.36. The van der Waals surface area contributed by atoms with Gasteiger partial charge in [-0.2, -0.15) is 5.10 Å². The number of fused-ring (bicyclic) bond motifs is 1. The molecule has 3 heterocycles. The first-order chi connectivity index (χ1) is 16.0. The molecule has 5 N–H and O–H groups in total. The number of rotatable bonds is 9. The van der Waals surface area contributed by atoms with Crippen molar-refractivity contribution in [2.45, 2.75) is 43.9 Å². The Balaban J connectivity index is 1.43. The molecule has 0 aromatic carbocycles. The summed E-state index contributed by atoms with van der Waals surface area (Å²) in [5.41, 5.74) is 0.981. The molecule has 4 atom stereocenters. The maximum absolute atomic E-state index is 12.2. The zero-order valence-corrected chi connectivity index (χ0v) is 19.2. The van der Waals surface area contributed by atoms with Crippen molar-refractivity contribution < 1.29 is 38.5 Å². The minimum atomic E-state index is -1.35. The third-order valence-electron chi connectivity index (χ3n) is 5.36. The van der Waals surface area contributed by atoms with Gasteiger partial charge >= 0.3 is 6.09 Å². The number of nitrogens with one attached hydrogen (secondary N) is 4. The van der Waals surface area contributed by atoms with Crippen molar-refractivity contribution in [3.63, 3.8) is 0 Å². The lowest BCUT2D eigenvalue weighted by molar-refractivity contribution is -0.153. The number of aryl methyl sites for hydroxylation is 1. The van der Waals surface area contributed by atoms with Gasteiger partial charge in [0.25, 0.3) is 0 Å². The Morgan fingerprint density at radius 3 is 2.21 bits per heavy atom. The minimum Gasteiger partial charge on any atom is -0.465 e. The lowest BCUT2D eigenvalue weighted by atomic mass is 9.88. The van der Waals surface area contributed by atoms with E-state index in [0.29, 0.717) is 6.61 Å². The first-order valence-corrected chi connectivity index (χ1v) is 10.8. The summed E-state index contributed by atoms with van der Waals surface area (Å²) in [6, 6.07) is 0. The fourth-order valence-electron chi connectivity index (χ4n) is 3.84. The first-order valence-electron chi connectivity index (χ1n) is 10.8. The van der Waals surface area contributed by atoms with Gasteiger partial charge in [-0.05, 0) is 19.4 Å². The van der Waals surface area contributed by atoms with Gasteiger partial charge in [0.05, 0.1) is 38.5 Å². The molecule has 0 spiro atoms. The number of aromatic nitrogens is 2. The number of hydrogen-bond acceptors (Lipinski definition) is 8. The number of ether oxygens (including phenoxy) is 3. The molecule has 2 aliphatic rings. The summed E-state index contributed by atoms with van der Waals surface area (Å²) < 4.78 is 19.9. The van der Waals surface area contributed by atoms with Gasteiger partial charge in [0.2, 0.25) is 17.7 Å². The Labute approximate surface area is 195 Å². The molecule has 2 saturated heterocycles. The third kappa shape index (κ3) is 6.88. The van der Waals surface area contributed by atoms with Crippen LogP contribution >= 0.6 is 0 Å². The van der Waals surface area contributed by atoms with Crippen LogP contribution < -0.4 is 21.3 Å². The molecule has 0 radical (unpaired) electrons. The van der Waals surface area contributed by atoms with Crippen LogP contribution in [0.4, 0.5) is 4.79 Å². The summed E-state index contributed by atoms with van der Waals surface area (Å²) in [6.45, 7) is 3.02. The molecule has 14 heteroatoms. The normalized spacial score (nSPS) is 25.1. The summed E-state index contributed by atoms with van der Waals surface area (Å²) in [4.78, 5) is 45.7. The van der Waals surface area contributed by atoms with Crippen LogP contribution in [0.2, 0.25) is 0 Å². The fourth-order valence-corrected chi connectivity index (χ4v) is 3.84. The molecule has 2 fully saturated rings. The van der Waals surface area contributed by atoms with Crippen LogP contribution in [-0.4, -0.2) is 95.6 Å². The average molecular weight is 482 g/mol. The predicted molar refractivity (Wildman–Crippen MR) is 115 cm³/mol. The molecule has 1 aromatic rings. The fraction of sp³-hybridized carbons (Fsp3) is 0.650. The monoisotopic (exact) mass is 482 g/mol. The molecule has 0 bridgehead atoms. The molecule has 3 rings (SSSR count). The molecule has 188 valence electrons. The number of amides is 4. The van der Waals surface area contributed by atoms with Gasteiger partial charge in [-0.3, -0.25) is 19.1 Å². The molecule has 1 aromatic heterocycles. The van der Waals surface area contributed by atoms with E-state index in [4.69, 9.17) is 19.3 Å². The SMILES string of the molecule is Cn1cc([C@@H]2CO[C@H](CNC(=O)CNC(=O)CNC(=O)CNC(=O)O)[C@@H]3OC(C)(C)O[C@@H]32)cn1. The first kappa shape index (κ1) is 25.4. The third-order valence-corrected chi connectivity index (χ3v) is 5.36. The van der Waals surface area contributed by atoms with E-state index in [-0.39, 0.29) is 31.7 Å². The maximum Gasteiger partial charge on any atom is 0.405 e. The van der Waals surface area contributed by atoms with Crippen molar-refractivity contribution >= 4 is 23.8 Å². The molecular formula is C20H30N6O8. The molecule has 0 unspecified atom stereocenters. The van der Waals surface area contributed by atoms with Crippen LogP contribution in [-0.2, 0) is 35.6 Å². The van der Waals surface area contributed by atoms with Crippen molar-refractivity contribution in [2.24, 2.45) is 7.05 Å². The highest BCUT2D eigenvalue weighted by Gasteiger charge is 2.52. The Morgan fingerprint density at radius 2 is 1.62 bits per heavy atom. The highest BCUT2D eigenvalue weighted by Crippen LogP contribution is 2.41. The minimum absolute atomic E-state index is 0.0624. The number of carbonyl (C=O) groups excluding carboxylic acids is 3. The van der Waals surface area contributed by atoms with Crippen molar-refractivity contribution in [3.05, 3.63) is 18.0 Å². The van der Waals surface area contributed by atoms with E-state index < -0.39 is 48.4 Å². The summed E-state index contributed by atoms with van der Waals surface area (Å²) in [5, 5.41) is 21.8. The van der Waals surface area contributed by atoms with Crippen molar-refractivity contribution in [1.82, 2.24) is 31.0 Å². The molecule has 34 heavy (non-hydrogen) atoms. The van der Waals surface area contributed by atoms with Crippen molar-refractivity contribution in [1.29, 1.82) is 0 Å². The van der Waals surface area contributed by atoms with E-state index in [1.54, 1.807) is 10.9 Å². The Kier molecular flexibility index (Phi) is 8.06. The zero-order chi connectivity index (χ0) is 24.9. The van der Waals surface area contributed by atoms with Gasteiger partial charge in [0.15, 0.2) is 5.79 Å². The topological polar surface area (TPSA) is 182 Å². The van der Waals surface area contributed by atoms with Gasteiger partial charge in [-0.25, -0.2) is 4.79 Å². The average Bonchev–Trinajstić information content (AvgIpc) is 3.34. The van der Waals surface area contributed by atoms with E-state index in [1.807, 2.05) is 32.4 Å². The molecule has 0 saturated carbocycles. The van der Waals surface area contributed by atoms with Crippen molar-refractivity contribution in [3.8, 4) is 0 Å². The number of carbonyl (C=O) groups is 4. The highest BCUT2D eigenvalue weighted by molar-refractivity contribution is 5.89. The zero-order valence-electron chi connectivity index (χ0n) is 19.2. The van der Waals surface area contributed by atoms with E-state index in [1.165, 1.54) is 0 Å². The molecule has 0 aliphatic carbocycles. The Hall–Kier alpha value is -3.23. The number of hydrogen-bond donors (Lipinski definition) is 5. The number of carboxylic acid groups (broad SMARTS) is 1. The summed E-state index contributed by atoms with van der Waals surface area (Å²) >= 11 is 0. The summed E-state index contributed by atoms with van der Waals surface area (Å²) in [6.07, 6.45) is 1.22. The predicted octanol–water partition coefficient (Wildman–Crippen LogP) is -1.96. The second-order valence-corrected chi connectivity index (χ2v) is 8.51. The quantitative estimate of drug-likeness (QED) is 0.267. The van der Waals surface area contributed by atoms with Crippen LogP contribution in [0, 0.1) is 0 Å². The second kappa shape index (κ2) is 10.8. The summed E-state index contributed by atoms with van der Waals surface area (Å²) in [5.74, 6) is -2.57. The Morgan fingerprint density at radius 1 is 1.03 bits per heavy atom. The molecular weight excluding hydrogens is 452 g/mol. The highest BCUT2D eigenvalue weighted by atomic mass is 16.8.